The number of para-hydroxylation sites is 5. The molecule has 0 N–H and O–H groups in total. The Hall–Kier alpha value is -7.88. The van der Waals surface area contributed by atoms with Gasteiger partial charge in [0.2, 0.25) is 0 Å². The van der Waals surface area contributed by atoms with Crippen LogP contribution in [0.5, 0.6) is 0 Å². The molecule has 0 atom stereocenters. The van der Waals surface area contributed by atoms with Gasteiger partial charge in [0.1, 0.15) is 11.2 Å². The lowest BCUT2D eigenvalue weighted by molar-refractivity contribution is 0.670. The van der Waals surface area contributed by atoms with Crippen molar-refractivity contribution in [2.75, 3.05) is 4.90 Å². The minimum atomic E-state index is 0.894. The molecule has 0 saturated heterocycles. The lowest BCUT2D eigenvalue weighted by Crippen LogP contribution is -2.12. The average Bonchev–Trinajstić information content (AvgIpc) is 3.85. The summed E-state index contributed by atoms with van der Waals surface area (Å²) < 4.78 is 9.08. The summed E-state index contributed by atoms with van der Waals surface area (Å²) >= 11 is 0. The summed E-state index contributed by atoms with van der Waals surface area (Å²) in [6.07, 6.45) is 0. The molecule has 0 radical (unpaired) electrons. The van der Waals surface area contributed by atoms with Crippen molar-refractivity contribution in [1.29, 1.82) is 0 Å². The molecule has 0 amide bonds. The summed E-state index contributed by atoms with van der Waals surface area (Å²) in [6, 6.07) is 78.8. The van der Waals surface area contributed by atoms with Gasteiger partial charge in [-0.1, -0.05) is 176 Å². The van der Waals surface area contributed by atoms with Crippen LogP contribution in [0.15, 0.2) is 223 Å². The molecule has 0 aliphatic rings. The van der Waals surface area contributed by atoms with Gasteiger partial charge in [-0.25, -0.2) is 0 Å². The zero-order valence-corrected chi connectivity index (χ0v) is 32.1. The second kappa shape index (κ2) is 13.4. The zero-order chi connectivity index (χ0) is 38.9. The molecule has 10 aromatic carbocycles. The van der Waals surface area contributed by atoms with Crippen molar-refractivity contribution in [2.24, 2.45) is 0 Å². The molecular weight excluding hydrogens is 717 g/mol. The number of fused-ring (bicyclic) bond motifs is 9. The first kappa shape index (κ1) is 33.3. The molecule has 0 aliphatic carbocycles. The van der Waals surface area contributed by atoms with Crippen LogP contribution in [-0.4, -0.2) is 4.57 Å². The SMILES string of the molecule is c1ccc(-c2ccccc2N(c2ccc3c4ccccc4n(-c4ccccc4-c4cccc5c4oc4ccccc45)c3c2)c2cc3ccccc3c3ccccc23)cc1. The van der Waals surface area contributed by atoms with Crippen molar-refractivity contribution in [2.45, 2.75) is 0 Å². The second-order valence-electron chi connectivity index (χ2n) is 15.2. The monoisotopic (exact) mass is 752 g/mol. The molecule has 0 fully saturated rings. The van der Waals surface area contributed by atoms with Crippen LogP contribution in [-0.2, 0) is 0 Å². The topological polar surface area (TPSA) is 21.3 Å². The molecule has 2 heterocycles. The van der Waals surface area contributed by atoms with Gasteiger partial charge < -0.3 is 13.9 Å². The van der Waals surface area contributed by atoms with E-state index in [-0.39, 0.29) is 0 Å². The highest BCUT2D eigenvalue weighted by atomic mass is 16.3. The summed E-state index contributed by atoms with van der Waals surface area (Å²) in [6.45, 7) is 0. The van der Waals surface area contributed by atoms with E-state index in [0.29, 0.717) is 0 Å². The maximum atomic E-state index is 6.63. The van der Waals surface area contributed by atoms with Crippen molar-refractivity contribution in [3.8, 4) is 27.9 Å². The van der Waals surface area contributed by atoms with Crippen molar-refractivity contribution < 1.29 is 4.42 Å². The molecule has 0 aliphatic heterocycles. The van der Waals surface area contributed by atoms with Crippen molar-refractivity contribution in [1.82, 2.24) is 4.57 Å². The minimum absolute atomic E-state index is 0.894. The predicted molar refractivity (Wildman–Crippen MR) is 249 cm³/mol. The maximum absolute atomic E-state index is 6.63. The first-order valence-corrected chi connectivity index (χ1v) is 20.2. The molecule has 0 bridgehead atoms. The van der Waals surface area contributed by atoms with Crippen LogP contribution in [0.2, 0.25) is 0 Å². The van der Waals surface area contributed by atoms with Crippen LogP contribution >= 0.6 is 0 Å². The van der Waals surface area contributed by atoms with Crippen molar-refractivity contribution in [3.63, 3.8) is 0 Å². The Balaban J connectivity index is 1.16. The normalized spacial score (nSPS) is 11.7. The van der Waals surface area contributed by atoms with E-state index in [1.807, 2.05) is 6.07 Å². The molecule has 59 heavy (non-hydrogen) atoms. The Bertz CT molecular complexity index is 3580. The van der Waals surface area contributed by atoms with E-state index in [9.17, 15) is 0 Å². The van der Waals surface area contributed by atoms with E-state index in [2.05, 4.69) is 222 Å². The van der Waals surface area contributed by atoms with Crippen LogP contribution in [0.4, 0.5) is 17.1 Å². The van der Waals surface area contributed by atoms with Gasteiger partial charge in [-0.15, -0.1) is 0 Å². The molecule has 0 saturated carbocycles. The first-order valence-electron chi connectivity index (χ1n) is 20.2. The van der Waals surface area contributed by atoms with Crippen LogP contribution in [0.25, 0.3) is 93.2 Å². The van der Waals surface area contributed by atoms with Gasteiger partial charge in [0, 0.05) is 49.3 Å². The van der Waals surface area contributed by atoms with E-state index in [1.165, 1.54) is 37.9 Å². The molecule has 12 aromatic rings. The predicted octanol–water partition coefficient (Wildman–Crippen LogP) is 15.8. The lowest BCUT2D eigenvalue weighted by atomic mass is 9.97. The van der Waals surface area contributed by atoms with Gasteiger partial charge in [-0.3, -0.25) is 0 Å². The van der Waals surface area contributed by atoms with Gasteiger partial charge in [-0.2, -0.15) is 0 Å². The third-order valence-corrected chi connectivity index (χ3v) is 12.0. The number of aromatic nitrogens is 1. The van der Waals surface area contributed by atoms with Gasteiger partial charge in [0.15, 0.2) is 0 Å². The smallest absolute Gasteiger partial charge is 0.143 e. The van der Waals surface area contributed by atoms with E-state index in [1.54, 1.807) is 0 Å². The van der Waals surface area contributed by atoms with E-state index >= 15 is 0 Å². The first-order chi connectivity index (χ1) is 29.3. The number of rotatable bonds is 6. The summed E-state index contributed by atoms with van der Waals surface area (Å²) in [5.74, 6) is 0. The van der Waals surface area contributed by atoms with Crippen LogP contribution in [0.1, 0.15) is 0 Å². The summed E-state index contributed by atoms with van der Waals surface area (Å²) in [5, 5.41) is 9.51. The van der Waals surface area contributed by atoms with Gasteiger partial charge in [0.25, 0.3) is 0 Å². The van der Waals surface area contributed by atoms with Crippen LogP contribution < -0.4 is 4.90 Å². The zero-order valence-electron chi connectivity index (χ0n) is 32.1. The number of furan rings is 1. The largest absolute Gasteiger partial charge is 0.455 e. The third-order valence-electron chi connectivity index (χ3n) is 12.0. The highest BCUT2D eigenvalue weighted by Crippen LogP contribution is 2.47. The van der Waals surface area contributed by atoms with E-state index in [4.69, 9.17) is 4.42 Å². The Morgan fingerprint density at radius 1 is 0.356 bits per heavy atom. The summed E-state index contributed by atoms with van der Waals surface area (Å²) in [4.78, 5) is 2.47. The molecular formula is C56H36N2O. The number of anilines is 3. The van der Waals surface area contributed by atoms with Gasteiger partial charge >= 0.3 is 0 Å². The molecule has 0 unspecified atom stereocenters. The fourth-order valence-electron chi connectivity index (χ4n) is 9.37. The second-order valence-corrected chi connectivity index (χ2v) is 15.2. The highest BCUT2D eigenvalue weighted by Gasteiger charge is 2.23. The number of hydrogen-bond donors (Lipinski definition) is 0. The summed E-state index contributed by atoms with van der Waals surface area (Å²) in [7, 11) is 0. The fourth-order valence-corrected chi connectivity index (χ4v) is 9.37. The minimum Gasteiger partial charge on any atom is -0.455 e. The Kier molecular flexibility index (Phi) is 7.54. The maximum Gasteiger partial charge on any atom is 0.143 e. The molecule has 0 spiro atoms. The summed E-state index contributed by atoms with van der Waals surface area (Å²) in [5.41, 5.74) is 13.0. The Morgan fingerprint density at radius 2 is 0.983 bits per heavy atom. The average molecular weight is 753 g/mol. The van der Waals surface area contributed by atoms with Crippen molar-refractivity contribution in [3.05, 3.63) is 218 Å². The number of nitrogens with zero attached hydrogens (tertiary/aromatic N) is 2. The van der Waals surface area contributed by atoms with Crippen LogP contribution in [0, 0.1) is 0 Å². The van der Waals surface area contributed by atoms with Gasteiger partial charge in [-0.05, 0) is 64.2 Å². The fraction of sp³-hybridized carbons (Fsp3) is 0. The lowest BCUT2D eigenvalue weighted by Gasteiger charge is -2.30. The van der Waals surface area contributed by atoms with E-state index in [0.717, 1.165) is 72.4 Å². The third kappa shape index (κ3) is 5.22. The highest BCUT2D eigenvalue weighted by molar-refractivity contribution is 6.16. The number of benzene rings is 10. The molecule has 12 rings (SSSR count). The van der Waals surface area contributed by atoms with Crippen LogP contribution in [0.3, 0.4) is 0 Å². The van der Waals surface area contributed by atoms with E-state index < -0.39 is 0 Å². The standard InChI is InChI=1S/C56H36N2O/c1-2-17-37(18-3-1)41-21-8-12-29-50(41)57(53-35-38-19-4-5-20-40(38)42-22-6-7-23-43(42)53)39-33-34-46-44-24-9-13-30-51(44)58(54(46)36-39)52-31-14-10-25-45(52)48-27-16-28-49-47-26-11-15-32-55(47)59-56(48)49/h1-36H. The molecule has 2 aromatic heterocycles. The Labute approximate surface area is 341 Å². The molecule has 3 heteroatoms. The van der Waals surface area contributed by atoms with Crippen molar-refractivity contribution >= 4 is 82.4 Å². The van der Waals surface area contributed by atoms with Gasteiger partial charge in [0.05, 0.1) is 28.1 Å². The number of hydrogen-bond acceptors (Lipinski definition) is 2. The quantitative estimate of drug-likeness (QED) is 0.158. The molecule has 276 valence electrons. The Morgan fingerprint density at radius 3 is 1.86 bits per heavy atom. The molecule has 3 nitrogen and oxygen atoms in total.